The molecule has 0 aliphatic heterocycles. The van der Waals surface area contributed by atoms with Crippen LogP contribution in [0.3, 0.4) is 0 Å². The summed E-state index contributed by atoms with van der Waals surface area (Å²) >= 11 is 3.19. The largest absolute Gasteiger partial charge is 0.307 e. The van der Waals surface area contributed by atoms with E-state index in [9.17, 15) is 8.42 Å². The lowest BCUT2D eigenvalue weighted by Gasteiger charge is -2.10. The maximum absolute atomic E-state index is 12.2. The number of nitrogen functional groups attached to an aromatic ring is 1. The highest BCUT2D eigenvalue weighted by molar-refractivity contribution is 9.10. The molecule has 0 unspecified atom stereocenters. The fourth-order valence-electron chi connectivity index (χ4n) is 1.69. The Morgan fingerprint density at radius 1 is 1.43 bits per heavy atom. The number of nitrogens with zero attached hydrogens (tertiary/aromatic N) is 3. The summed E-state index contributed by atoms with van der Waals surface area (Å²) in [6, 6.07) is 3.26. The minimum atomic E-state index is -3.68. The minimum Gasteiger partial charge on any atom is -0.307 e. The van der Waals surface area contributed by atoms with Crippen LogP contribution in [-0.2, 0) is 16.6 Å². The fraction of sp³-hybridized carbons (Fsp3) is 0.273. The molecule has 0 amide bonds. The standard InChI is InChI=1S/C11H15BrN6O2S/c12-9-7-10(11(17-13)14-8-9)21(19,20)16-4-2-6-18-5-1-3-15-18/h1,3,5,7-8,16H,2,4,6,13H2,(H,14,17). The second-order valence-electron chi connectivity index (χ2n) is 4.17. The lowest BCUT2D eigenvalue weighted by Crippen LogP contribution is -2.27. The number of hydrogen-bond donors (Lipinski definition) is 3. The first-order valence-corrected chi connectivity index (χ1v) is 8.40. The normalized spacial score (nSPS) is 11.5. The van der Waals surface area contributed by atoms with Crippen molar-refractivity contribution < 1.29 is 8.42 Å². The van der Waals surface area contributed by atoms with Crippen molar-refractivity contribution in [3.8, 4) is 0 Å². The van der Waals surface area contributed by atoms with Crippen molar-refractivity contribution in [2.45, 2.75) is 17.9 Å². The van der Waals surface area contributed by atoms with E-state index in [0.717, 1.165) is 0 Å². The molecule has 4 N–H and O–H groups in total. The number of pyridine rings is 1. The van der Waals surface area contributed by atoms with Gasteiger partial charge >= 0.3 is 0 Å². The van der Waals surface area contributed by atoms with Crippen molar-refractivity contribution in [3.63, 3.8) is 0 Å². The van der Waals surface area contributed by atoms with Gasteiger partial charge in [0.1, 0.15) is 4.90 Å². The summed E-state index contributed by atoms with van der Waals surface area (Å²) in [7, 11) is -3.68. The molecule has 2 heterocycles. The number of nitrogens with one attached hydrogen (secondary N) is 2. The highest BCUT2D eigenvalue weighted by atomic mass is 79.9. The predicted octanol–water partition coefficient (Wildman–Crippen LogP) is 0.695. The zero-order chi connectivity index (χ0) is 15.3. The van der Waals surface area contributed by atoms with E-state index in [0.29, 0.717) is 24.0 Å². The van der Waals surface area contributed by atoms with E-state index in [4.69, 9.17) is 5.84 Å². The number of anilines is 1. The molecule has 0 atom stereocenters. The van der Waals surface area contributed by atoms with E-state index < -0.39 is 10.0 Å². The van der Waals surface area contributed by atoms with Crippen LogP contribution < -0.4 is 16.0 Å². The molecule has 0 saturated heterocycles. The molecular formula is C11H15BrN6O2S. The van der Waals surface area contributed by atoms with E-state index in [1.807, 2.05) is 12.3 Å². The molecule has 114 valence electrons. The van der Waals surface area contributed by atoms with Crippen molar-refractivity contribution in [1.29, 1.82) is 0 Å². The van der Waals surface area contributed by atoms with Crippen LogP contribution >= 0.6 is 15.9 Å². The first-order valence-electron chi connectivity index (χ1n) is 6.12. The molecule has 0 bridgehead atoms. The van der Waals surface area contributed by atoms with Gasteiger partial charge in [0.15, 0.2) is 5.82 Å². The third kappa shape index (κ3) is 4.24. The third-order valence-corrected chi connectivity index (χ3v) is 4.57. The molecule has 10 heteroatoms. The molecule has 0 saturated carbocycles. The van der Waals surface area contributed by atoms with Gasteiger partial charge in [0.2, 0.25) is 10.0 Å². The summed E-state index contributed by atoms with van der Waals surface area (Å²) in [6.45, 7) is 0.924. The maximum Gasteiger partial charge on any atom is 0.244 e. The zero-order valence-electron chi connectivity index (χ0n) is 11.0. The summed E-state index contributed by atoms with van der Waals surface area (Å²) in [6.07, 6.45) is 5.58. The Kier molecular flexibility index (Phi) is 5.28. The first kappa shape index (κ1) is 15.9. The maximum atomic E-state index is 12.2. The van der Waals surface area contributed by atoms with Gasteiger partial charge in [0.05, 0.1) is 0 Å². The van der Waals surface area contributed by atoms with Crippen molar-refractivity contribution >= 4 is 31.8 Å². The Morgan fingerprint density at radius 2 is 2.24 bits per heavy atom. The third-order valence-electron chi connectivity index (χ3n) is 2.66. The van der Waals surface area contributed by atoms with Crippen molar-refractivity contribution in [3.05, 3.63) is 35.2 Å². The number of rotatable bonds is 7. The Morgan fingerprint density at radius 3 is 2.90 bits per heavy atom. The van der Waals surface area contributed by atoms with Crippen LogP contribution in [0.25, 0.3) is 0 Å². The minimum absolute atomic E-state index is 0.00142. The number of hydrogen-bond acceptors (Lipinski definition) is 6. The Balaban J connectivity index is 1.99. The van der Waals surface area contributed by atoms with Crippen molar-refractivity contribution in [2.75, 3.05) is 12.0 Å². The lowest BCUT2D eigenvalue weighted by atomic mass is 10.4. The Bertz CT molecular complexity index is 689. The van der Waals surface area contributed by atoms with Gasteiger partial charge in [-0.05, 0) is 34.5 Å². The van der Waals surface area contributed by atoms with Gasteiger partial charge in [-0.15, -0.1) is 0 Å². The zero-order valence-corrected chi connectivity index (χ0v) is 13.4. The van der Waals surface area contributed by atoms with Gasteiger partial charge in [-0.25, -0.2) is 24.0 Å². The molecule has 8 nitrogen and oxygen atoms in total. The number of sulfonamides is 1. The average Bonchev–Trinajstić information content (AvgIpc) is 2.97. The molecule has 0 fully saturated rings. The molecule has 0 spiro atoms. The molecule has 0 aromatic carbocycles. The van der Waals surface area contributed by atoms with E-state index in [1.165, 1.54) is 12.3 Å². The fourth-order valence-corrected chi connectivity index (χ4v) is 3.39. The second kappa shape index (κ2) is 6.98. The summed E-state index contributed by atoms with van der Waals surface area (Å²) in [5, 5.41) is 4.04. The summed E-state index contributed by atoms with van der Waals surface area (Å²) in [4.78, 5) is 3.91. The van der Waals surface area contributed by atoms with Crippen LogP contribution in [0.1, 0.15) is 6.42 Å². The molecule has 0 aliphatic rings. The second-order valence-corrected chi connectivity index (χ2v) is 6.82. The molecule has 2 aromatic heterocycles. The van der Waals surface area contributed by atoms with E-state index in [1.54, 1.807) is 10.9 Å². The molecule has 21 heavy (non-hydrogen) atoms. The molecular weight excluding hydrogens is 360 g/mol. The highest BCUT2D eigenvalue weighted by Gasteiger charge is 2.19. The molecule has 0 radical (unpaired) electrons. The summed E-state index contributed by atoms with van der Waals surface area (Å²) in [5.74, 6) is 5.38. The van der Waals surface area contributed by atoms with Crippen molar-refractivity contribution in [2.24, 2.45) is 5.84 Å². The van der Waals surface area contributed by atoms with Crippen LogP contribution in [0.5, 0.6) is 0 Å². The van der Waals surface area contributed by atoms with Gasteiger partial charge in [-0.3, -0.25) is 4.68 Å². The summed E-state index contributed by atoms with van der Waals surface area (Å²) < 4.78 is 29.3. The number of aryl methyl sites for hydroxylation is 1. The predicted molar refractivity (Wildman–Crippen MR) is 81.8 cm³/mol. The number of aromatic nitrogens is 3. The number of hydrazine groups is 1. The quantitative estimate of drug-likeness (QED) is 0.373. The molecule has 2 aromatic rings. The van der Waals surface area contributed by atoms with E-state index in [-0.39, 0.29) is 10.7 Å². The monoisotopic (exact) mass is 374 g/mol. The van der Waals surface area contributed by atoms with Gasteiger partial charge in [-0.1, -0.05) is 0 Å². The lowest BCUT2D eigenvalue weighted by molar-refractivity contribution is 0.553. The Hall–Kier alpha value is -1.49. The van der Waals surface area contributed by atoms with Crippen molar-refractivity contribution in [1.82, 2.24) is 19.5 Å². The number of nitrogens with two attached hydrogens (primary N) is 1. The highest BCUT2D eigenvalue weighted by Crippen LogP contribution is 2.21. The van der Waals surface area contributed by atoms with Gasteiger partial charge < -0.3 is 5.43 Å². The average molecular weight is 375 g/mol. The summed E-state index contributed by atoms with van der Waals surface area (Å²) in [5.41, 5.74) is 2.28. The smallest absolute Gasteiger partial charge is 0.244 e. The Labute approximate surface area is 130 Å². The van der Waals surface area contributed by atoms with Gasteiger partial charge in [0.25, 0.3) is 0 Å². The van der Waals surface area contributed by atoms with E-state index in [2.05, 4.69) is 36.2 Å². The van der Waals surface area contributed by atoms with Gasteiger partial charge in [-0.2, -0.15) is 5.10 Å². The first-order chi connectivity index (χ1) is 10.0. The van der Waals surface area contributed by atoms with Crippen LogP contribution in [0.2, 0.25) is 0 Å². The molecule has 0 aliphatic carbocycles. The van der Waals surface area contributed by atoms with E-state index >= 15 is 0 Å². The van der Waals surface area contributed by atoms with Crippen LogP contribution in [0.15, 0.2) is 40.1 Å². The van der Waals surface area contributed by atoms with Crippen LogP contribution in [0.4, 0.5) is 5.82 Å². The topological polar surface area (TPSA) is 115 Å². The SMILES string of the molecule is NNc1ncc(Br)cc1S(=O)(=O)NCCCn1cccn1. The van der Waals surface area contributed by atoms with Gasteiger partial charge in [0, 0.05) is 36.2 Å². The van der Waals surface area contributed by atoms with Crippen LogP contribution in [0, 0.1) is 0 Å². The van der Waals surface area contributed by atoms with Crippen LogP contribution in [-0.4, -0.2) is 29.7 Å². The molecule has 2 rings (SSSR count). The number of halogens is 1.